The fraction of sp³-hybridized carbons (Fsp3) is 0. The van der Waals surface area contributed by atoms with Crippen molar-refractivity contribution in [1.82, 2.24) is 10.2 Å². The van der Waals surface area contributed by atoms with Crippen molar-refractivity contribution in [3.8, 4) is 0 Å². The minimum absolute atomic E-state index is 0.0128. The Morgan fingerprint density at radius 3 is 2.81 bits per heavy atom. The minimum Gasteiger partial charge on any atom is -0.370 e. The molecule has 0 saturated carbocycles. The first-order valence-corrected chi connectivity index (χ1v) is 4.52. The van der Waals surface area contributed by atoms with Crippen molar-refractivity contribution in [1.29, 1.82) is 0 Å². The first kappa shape index (κ1) is 9.97. The maximum atomic E-state index is 5.50. The van der Waals surface area contributed by atoms with Gasteiger partial charge in [-0.1, -0.05) is 0 Å². The van der Waals surface area contributed by atoms with Crippen LogP contribution in [-0.2, 0) is 0 Å². The van der Waals surface area contributed by atoms with E-state index in [2.05, 4.69) is 20.2 Å². The first-order valence-electron chi connectivity index (χ1n) is 4.52. The van der Waals surface area contributed by atoms with E-state index in [1.54, 1.807) is 18.3 Å². The molecule has 0 radical (unpaired) electrons. The zero-order valence-electron chi connectivity index (χ0n) is 8.38. The molecule has 7 N–H and O–H groups in total. The maximum Gasteiger partial charge on any atom is 0.223 e. The number of H-pyrrole nitrogens is 1. The van der Waals surface area contributed by atoms with Crippen LogP contribution in [0.2, 0.25) is 0 Å². The molecule has 0 fully saturated rings. The molecule has 0 spiro atoms. The van der Waals surface area contributed by atoms with E-state index in [-0.39, 0.29) is 11.9 Å². The van der Waals surface area contributed by atoms with Gasteiger partial charge in [-0.3, -0.25) is 5.10 Å². The van der Waals surface area contributed by atoms with Crippen molar-refractivity contribution in [3.63, 3.8) is 0 Å². The van der Waals surface area contributed by atoms with Gasteiger partial charge in [0.05, 0.1) is 17.4 Å². The molecule has 1 aromatic carbocycles. The number of rotatable bonds is 1. The Morgan fingerprint density at radius 2 is 2.06 bits per heavy atom. The molecule has 1 aromatic heterocycles. The quantitative estimate of drug-likeness (QED) is 0.388. The van der Waals surface area contributed by atoms with Crippen LogP contribution >= 0.6 is 0 Å². The predicted molar refractivity (Wildman–Crippen MR) is 63.2 cm³/mol. The Labute approximate surface area is 91.1 Å². The molecule has 2 rings (SSSR count). The lowest BCUT2D eigenvalue weighted by molar-refractivity contribution is 1.12. The van der Waals surface area contributed by atoms with Gasteiger partial charge in [0.25, 0.3) is 0 Å². The second kappa shape index (κ2) is 3.89. The highest BCUT2D eigenvalue weighted by molar-refractivity contribution is 5.94. The molecule has 0 amide bonds. The second-order valence-corrected chi connectivity index (χ2v) is 3.15. The molecule has 0 bridgehead atoms. The molecule has 0 atom stereocenters. The summed E-state index contributed by atoms with van der Waals surface area (Å²) in [5.74, 6) is -0.109. The number of nitrogens with zero attached hydrogens (tertiary/aromatic N) is 3. The highest BCUT2D eigenvalue weighted by Crippen LogP contribution is 2.18. The van der Waals surface area contributed by atoms with Gasteiger partial charge in [0.15, 0.2) is 5.96 Å². The van der Waals surface area contributed by atoms with Crippen molar-refractivity contribution in [2.24, 2.45) is 27.2 Å². The van der Waals surface area contributed by atoms with E-state index >= 15 is 0 Å². The number of fused-ring (bicyclic) bond motifs is 1. The zero-order chi connectivity index (χ0) is 11.5. The van der Waals surface area contributed by atoms with E-state index < -0.39 is 0 Å². The van der Waals surface area contributed by atoms with E-state index in [9.17, 15) is 0 Å². The number of guanidine groups is 2. The lowest BCUT2D eigenvalue weighted by atomic mass is 10.2. The third-order valence-corrected chi connectivity index (χ3v) is 1.91. The van der Waals surface area contributed by atoms with Crippen LogP contribution in [0.3, 0.4) is 0 Å². The molecule has 16 heavy (non-hydrogen) atoms. The highest BCUT2D eigenvalue weighted by Gasteiger charge is 1.97. The maximum absolute atomic E-state index is 5.50. The largest absolute Gasteiger partial charge is 0.370 e. The summed E-state index contributed by atoms with van der Waals surface area (Å²) in [6, 6.07) is 5.48. The number of aliphatic imine (C=N–C) groups is 2. The Balaban J connectivity index is 2.37. The molecule has 7 nitrogen and oxygen atoms in total. The third kappa shape index (κ3) is 2.08. The average Bonchev–Trinajstić information content (AvgIpc) is 2.63. The SMILES string of the molecule is NC(N)=NC(N)=Nc1ccc2cn[nH]c2c1. The number of nitrogens with two attached hydrogens (primary N) is 3. The zero-order valence-corrected chi connectivity index (χ0v) is 8.38. The molecule has 0 saturated heterocycles. The van der Waals surface area contributed by atoms with E-state index in [0.717, 1.165) is 10.9 Å². The van der Waals surface area contributed by atoms with Crippen LogP contribution in [0.4, 0.5) is 5.69 Å². The molecule has 0 aliphatic heterocycles. The van der Waals surface area contributed by atoms with Crippen molar-refractivity contribution >= 4 is 28.5 Å². The molecule has 82 valence electrons. The van der Waals surface area contributed by atoms with Crippen LogP contribution in [0, 0.1) is 0 Å². The fourth-order valence-electron chi connectivity index (χ4n) is 1.28. The normalized spacial score (nSPS) is 11.6. The first-order chi connectivity index (χ1) is 7.65. The molecule has 0 aliphatic carbocycles. The number of aromatic nitrogens is 2. The number of nitrogens with one attached hydrogen (secondary N) is 1. The summed E-state index contributed by atoms with van der Waals surface area (Å²) in [7, 11) is 0. The molecular weight excluding hydrogens is 206 g/mol. The summed E-state index contributed by atoms with van der Waals surface area (Å²) in [5, 5.41) is 7.73. The van der Waals surface area contributed by atoms with Crippen molar-refractivity contribution in [3.05, 3.63) is 24.4 Å². The summed E-state index contributed by atoms with van der Waals surface area (Å²) in [5.41, 5.74) is 17.4. The fourth-order valence-corrected chi connectivity index (χ4v) is 1.28. The number of aromatic amines is 1. The molecule has 2 aromatic rings. The van der Waals surface area contributed by atoms with E-state index in [0.29, 0.717) is 5.69 Å². The smallest absolute Gasteiger partial charge is 0.223 e. The number of hydrogen-bond acceptors (Lipinski definition) is 2. The summed E-state index contributed by atoms with van der Waals surface area (Å²) in [6.07, 6.45) is 1.72. The number of benzene rings is 1. The molecular formula is C9H11N7. The van der Waals surface area contributed by atoms with Crippen LogP contribution < -0.4 is 17.2 Å². The second-order valence-electron chi connectivity index (χ2n) is 3.15. The van der Waals surface area contributed by atoms with Gasteiger partial charge in [-0.2, -0.15) is 10.1 Å². The molecule has 1 heterocycles. The van der Waals surface area contributed by atoms with Gasteiger partial charge in [0, 0.05) is 5.39 Å². The number of hydrogen-bond donors (Lipinski definition) is 4. The van der Waals surface area contributed by atoms with Crippen LogP contribution in [-0.4, -0.2) is 22.1 Å². The highest BCUT2D eigenvalue weighted by atomic mass is 15.1. The van der Waals surface area contributed by atoms with E-state index in [4.69, 9.17) is 17.2 Å². The molecule has 0 aliphatic rings. The minimum atomic E-state index is -0.121. The Kier molecular flexibility index (Phi) is 2.42. The van der Waals surface area contributed by atoms with Gasteiger partial charge in [0.2, 0.25) is 5.96 Å². The standard InChI is InChI=1S/C9H11N7/c10-8(11)15-9(12)14-6-2-1-5-4-13-16-7(5)3-6/h1-4H,(H,13,16)(H6,10,11,12,14,15). The van der Waals surface area contributed by atoms with Crippen molar-refractivity contribution < 1.29 is 0 Å². The van der Waals surface area contributed by atoms with Crippen LogP contribution in [0.1, 0.15) is 0 Å². The third-order valence-electron chi connectivity index (χ3n) is 1.91. The van der Waals surface area contributed by atoms with E-state index in [1.807, 2.05) is 6.07 Å². The van der Waals surface area contributed by atoms with Gasteiger partial charge in [-0.05, 0) is 18.2 Å². The predicted octanol–water partition coefficient (Wildman–Crippen LogP) is -0.217. The van der Waals surface area contributed by atoms with Gasteiger partial charge in [-0.15, -0.1) is 0 Å². The van der Waals surface area contributed by atoms with Crippen molar-refractivity contribution in [2.75, 3.05) is 0 Å². The monoisotopic (exact) mass is 217 g/mol. The van der Waals surface area contributed by atoms with Gasteiger partial charge in [0.1, 0.15) is 0 Å². The molecule has 7 heteroatoms. The summed E-state index contributed by atoms with van der Waals surface area (Å²) in [4.78, 5) is 7.64. The molecule has 0 unspecified atom stereocenters. The van der Waals surface area contributed by atoms with Crippen LogP contribution in [0.15, 0.2) is 34.4 Å². The summed E-state index contributed by atoms with van der Waals surface area (Å²) < 4.78 is 0. The van der Waals surface area contributed by atoms with E-state index in [1.165, 1.54) is 0 Å². The summed E-state index contributed by atoms with van der Waals surface area (Å²) in [6.45, 7) is 0. The Morgan fingerprint density at radius 1 is 1.25 bits per heavy atom. The van der Waals surface area contributed by atoms with Crippen LogP contribution in [0.25, 0.3) is 10.9 Å². The Hall–Kier alpha value is -2.57. The lowest BCUT2D eigenvalue weighted by Crippen LogP contribution is -2.26. The van der Waals surface area contributed by atoms with Gasteiger partial charge >= 0.3 is 0 Å². The van der Waals surface area contributed by atoms with Gasteiger partial charge < -0.3 is 17.2 Å². The van der Waals surface area contributed by atoms with Crippen LogP contribution in [0.5, 0.6) is 0 Å². The van der Waals surface area contributed by atoms with Crippen molar-refractivity contribution in [2.45, 2.75) is 0 Å². The lowest BCUT2D eigenvalue weighted by Gasteiger charge is -1.96. The average molecular weight is 217 g/mol. The Bertz CT molecular complexity index is 562. The topological polar surface area (TPSA) is 131 Å². The van der Waals surface area contributed by atoms with Gasteiger partial charge in [-0.25, -0.2) is 4.99 Å². The summed E-state index contributed by atoms with van der Waals surface area (Å²) >= 11 is 0.